The number of hydrogen-bond acceptors (Lipinski definition) is 5. The highest BCUT2D eigenvalue weighted by Gasteiger charge is 2.41. The van der Waals surface area contributed by atoms with E-state index in [0.29, 0.717) is 44.2 Å². The fourth-order valence-electron chi connectivity index (χ4n) is 2.79. The normalized spacial score (nSPS) is 19.0. The van der Waals surface area contributed by atoms with Gasteiger partial charge >= 0.3 is 0 Å². The zero-order valence-corrected chi connectivity index (χ0v) is 12.9. The fraction of sp³-hybridized carbons (Fsp3) is 0.625. The molecular formula is C16H24O5. The molecule has 1 unspecified atom stereocenters. The lowest BCUT2D eigenvalue weighted by atomic mass is 9.84. The molecule has 118 valence electrons. The average Bonchev–Trinajstić information content (AvgIpc) is 2.54. The molecule has 0 aliphatic carbocycles. The number of aliphatic hydroxyl groups is 1. The molecule has 0 bridgehead atoms. The molecule has 0 radical (unpaired) electrons. The topological polar surface area (TPSA) is 57.2 Å². The third kappa shape index (κ3) is 3.48. The summed E-state index contributed by atoms with van der Waals surface area (Å²) in [5.74, 6) is 1.31. The molecule has 1 aromatic carbocycles. The highest BCUT2D eigenvalue weighted by Crippen LogP contribution is 2.39. The molecule has 0 saturated carbocycles. The Morgan fingerprint density at radius 3 is 2.19 bits per heavy atom. The molecule has 0 aromatic heterocycles. The maximum atomic E-state index is 10.9. The number of hydrogen-bond donors (Lipinski definition) is 1. The maximum absolute atomic E-state index is 10.9. The van der Waals surface area contributed by atoms with Crippen molar-refractivity contribution < 1.29 is 24.1 Å². The van der Waals surface area contributed by atoms with E-state index in [1.54, 1.807) is 20.3 Å². The van der Waals surface area contributed by atoms with Gasteiger partial charge in [-0.25, -0.2) is 0 Å². The van der Waals surface area contributed by atoms with E-state index in [9.17, 15) is 5.11 Å². The van der Waals surface area contributed by atoms with Gasteiger partial charge in [0.15, 0.2) is 0 Å². The van der Waals surface area contributed by atoms with Crippen molar-refractivity contribution in [3.63, 3.8) is 0 Å². The van der Waals surface area contributed by atoms with Crippen molar-refractivity contribution in [2.24, 2.45) is 0 Å². The highest BCUT2D eigenvalue weighted by molar-refractivity contribution is 5.40. The van der Waals surface area contributed by atoms with Crippen molar-refractivity contribution in [1.82, 2.24) is 0 Å². The number of benzene rings is 1. The molecule has 1 atom stereocenters. The van der Waals surface area contributed by atoms with Gasteiger partial charge in [0.2, 0.25) is 0 Å². The van der Waals surface area contributed by atoms with Crippen molar-refractivity contribution in [3.05, 3.63) is 23.8 Å². The molecule has 1 N–H and O–H groups in total. The van der Waals surface area contributed by atoms with Crippen LogP contribution in [0.5, 0.6) is 11.5 Å². The minimum atomic E-state index is -0.745. The van der Waals surface area contributed by atoms with Gasteiger partial charge in [0.05, 0.1) is 14.2 Å². The quantitative estimate of drug-likeness (QED) is 0.873. The molecular weight excluding hydrogens is 272 g/mol. The summed E-state index contributed by atoms with van der Waals surface area (Å²) in [4.78, 5) is 0. The Bertz CT molecular complexity index is 426. The molecule has 1 aliphatic heterocycles. The SMILES string of the molecule is CCOC1(C(O)c2cc(OC)cc(OC)c2)CCOCC1. The Morgan fingerprint density at radius 1 is 1.14 bits per heavy atom. The molecule has 5 heteroatoms. The number of methoxy groups -OCH3 is 2. The first-order valence-electron chi connectivity index (χ1n) is 7.28. The van der Waals surface area contributed by atoms with Crippen LogP contribution < -0.4 is 9.47 Å². The Morgan fingerprint density at radius 2 is 1.71 bits per heavy atom. The largest absolute Gasteiger partial charge is 0.497 e. The zero-order valence-electron chi connectivity index (χ0n) is 12.9. The predicted molar refractivity (Wildman–Crippen MR) is 78.9 cm³/mol. The Balaban J connectivity index is 2.33. The van der Waals surface area contributed by atoms with Crippen LogP contribution in [-0.4, -0.2) is 44.7 Å². The molecule has 1 aromatic rings. The molecule has 2 rings (SSSR count). The lowest BCUT2D eigenvalue weighted by Crippen LogP contribution is -2.44. The van der Waals surface area contributed by atoms with Crippen molar-refractivity contribution in [2.45, 2.75) is 31.5 Å². The Kier molecular flexibility index (Phi) is 5.45. The highest BCUT2D eigenvalue weighted by atomic mass is 16.5. The fourth-order valence-corrected chi connectivity index (χ4v) is 2.79. The predicted octanol–water partition coefficient (Wildman–Crippen LogP) is 2.32. The van der Waals surface area contributed by atoms with Gasteiger partial charge in [-0.05, 0) is 24.6 Å². The van der Waals surface area contributed by atoms with Crippen molar-refractivity contribution in [2.75, 3.05) is 34.0 Å². The van der Waals surface area contributed by atoms with Gasteiger partial charge in [-0.3, -0.25) is 0 Å². The molecule has 0 spiro atoms. The van der Waals surface area contributed by atoms with Crippen LogP contribution in [0.4, 0.5) is 0 Å². The van der Waals surface area contributed by atoms with E-state index < -0.39 is 11.7 Å². The lowest BCUT2D eigenvalue weighted by Gasteiger charge is -2.40. The van der Waals surface area contributed by atoms with E-state index >= 15 is 0 Å². The second-order valence-electron chi connectivity index (χ2n) is 5.16. The molecule has 1 fully saturated rings. The molecule has 1 saturated heterocycles. The molecule has 1 heterocycles. The summed E-state index contributed by atoms with van der Waals surface area (Å²) in [6.45, 7) is 3.69. The standard InChI is InChI=1S/C16H24O5/c1-4-21-16(5-7-20-8-6-16)15(17)12-9-13(18-2)11-14(10-12)19-3/h9-11,15,17H,4-8H2,1-3H3. The van der Waals surface area contributed by atoms with Gasteiger partial charge in [0, 0.05) is 38.7 Å². The molecule has 5 nitrogen and oxygen atoms in total. The van der Waals surface area contributed by atoms with E-state index in [0.717, 1.165) is 5.56 Å². The van der Waals surface area contributed by atoms with Crippen molar-refractivity contribution in [1.29, 1.82) is 0 Å². The third-order valence-corrected chi connectivity index (χ3v) is 3.96. The summed E-state index contributed by atoms with van der Waals surface area (Å²) in [6, 6.07) is 5.43. The summed E-state index contributed by atoms with van der Waals surface area (Å²) in [6.07, 6.45) is 0.591. The maximum Gasteiger partial charge on any atom is 0.122 e. The molecule has 0 amide bonds. The molecule has 21 heavy (non-hydrogen) atoms. The smallest absolute Gasteiger partial charge is 0.122 e. The molecule has 1 aliphatic rings. The lowest BCUT2D eigenvalue weighted by molar-refractivity contribution is -0.168. The van der Waals surface area contributed by atoms with Crippen LogP contribution in [-0.2, 0) is 9.47 Å². The summed E-state index contributed by atoms with van der Waals surface area (Å²) in [7, 11) is 3.19. The first-order chi connectivity index (χ1) is 10.1. The first kappa shape index (κ1) is 16.1. The van der Waals surface area contributed by atoms with E-state index in [1.165, 1.54) is 0 Å². The first-order valence-corrected chi connectivity index (χ1v) is 7.28. The summed E-state index contributed by atoms with van der Waals surface area (Å²) < 4.78 is 21.9. The average molecular weight is 296 g/mol. The number of aliphatic hydroxyl groups excluding tert-OH is 1. The minimum absolute atomic E-state index is 0.554. The van der Waals surface area contributed by atoms with Gasteiger partial charge in [-0.1, -0.05) is 0 Å². The van der Waals surface area contributed by atoms with Gasteiger partial charge in [0.25, 0.3) is 0 Å². The van der Waals surface area contributed by atoms with Crippen LogP contribution in [0.2, 0.25) is 0 Å². The van der Waals surface area contributed by atoms with Crippen molar-refractivity contribution in [3.8, 4) is 11.5 Å². The third-order valence-electron chi connectivity index (χ3n) is 3.96. The minimum Gasteiger partial charge on any atom is -0.497 e. The van der Waals surface area contributed by atoms with Crippen molar-refractivity contribution >= 4 is 0 Å². The number of rotatable bonds is 6. The van der Waals surface area contributed by atoms with E-state index in [-0.39, 0.29) is 0 Å². The summed E-state index contributed by atoms with van der Waals surface area (Å²) in [5, 5.41) is 10.9. The van der Waals surface area contributed by atoms with Gasteiger partial charge in [-0.15, -0.1) is 0 Å². The second kappa shape index (κ2) is 7.11. The summed E-state index contributed by atoms with van der Waals surface area (Å²) >= 11 is 0. The number of ether oxygens (including phenoxy) is 4. The zero-order chi connectivity index (χ0) is 15.3. The summed E-state index contributed by atoms with van der Waals surface area (Å²) in [5.41, 5.74) is 0.131. The van der Waals surface area contributed by atoms with Crippen LogP contribution in [0.25, 0.3) is 0 Å². The monoisotopic (exact) mass is 296 g/mol. The second-order valence-corrected chi connectivity index (χ2v) is 5.16. The van der Waals surface area contributed by atoms with Crippen LogP contribution >= 0.6 is 0 Å². The Hall–Kier alpha value is -1.30. The van der Waals surface area contributed by atoms with Gasteiger partial charge < -0.3 is 24.1 Å². The van der Waals surface area contributed by atoms with Gasteiger partial charge in [-0.2, -0.15) is 0 Å². The van der Waals surface area contributed by atoms with E-state index in [4.69, 9.17) is 18.9 Å². The van der Waals surface area contributed by atoms with Crippen LogP contribution in [0.15, 0.2) is 18.2 Å². The van der Waals surface area contributed by atoms with Crippen LogP contribution in [0.3, 0.4) is 0 Å². The Labute approximate surface area is 125 Å². The van der Waals surface area contributed by atoms with Gasteiger partial charge in [0.1, 0.15) is 23.2 Å². The van der Waals surface area contributed by atoms with Crippen LogP contribution in [0, 0.1) is 0 Å². The van der Waals surface area contributed by atoms with Crippen LogP contribution in [0.1, 0.15) is 31.4 Å². The van der Waals surface area contributed by atoms with E-state index in [1.807, 2.05) is 19.1 Å². The van der Waals surface area contributed by atoms with E-state index in [2.05, 4.69) is 0 Å².